The number of nitrogens with zero attached hydrogens (tertiary/aromatic N) is 1. The van der Waals surface area contributed by atoms with Crippen LogP contribution >= 0.6 is 11.8 Å². The maximum absolute atomic E-state index is 12.6. The zero-order valence-electron chi connectivity index (χ0n) is 16.0. The number of benzene rings is 2. The van der Waals surface area contributed by atoms with Crippen LogP contribution < -0.4 is 10.6 Å². The highest BCUT2D eigenvalue weighted by Gasteiger charge is 2.32. The van der Waals surface area contributed by atoms with Crippen molar-refractivity contribution in [1.82, 2.24) is 10.2 Å². The molecule has 2 amide bonds. The number of nitrogens with one attached hydrogen (secondary N) is 2. The minimum atomic E-state index is -0.0902. The van der Waals surface area contributed by atoms with Crippen molar-refractivity contribution in [1.29, 1.82) is 0 Å². The summed E-state index contributed by atoms with van der Waals surface area (Å²) in [5.74, 6) is 0.650. The zero-order chi connectivity index (χ0) is 19.5. The van der Waals surface area contributed by atoms with Gasteiger partial charge in [-0.2, -0.15) is 0 Å². The van der Waals surface area contributed by atoms with Gasteiger partial charge in [0.2, 0.25) is 5.91 Å². The van der Waals surface area contributed by atoms with Gasteiger partial charge in [-0.3, -0.25) is 9.59 Å². The van der Waals surface area contributed by atoms with Gasteiger partial charge < -0.3 is 15.5 Å². The average Bonchev–Trinajstić information content (AvgIpc) is 3.02. The molecule has 2 heterocycles. The van der Waals surface area contributed by atoms with Crippen LogP contribution in [0.15, 0.2) is 58.3 Å². The van der Waals surface area contributed by atoms with E-state index in [4.69, 9.17) is 0 Å². The van der Waals surface area contributed by atoms with E-state index in [1.807, 2.05) is 48.5 Å². The van der Waals surface area contributed by atoms with Crippen molar-refractivity contribution in [2.24, 2.45) is 5.92 Å². The molecule has 4 rings (SSSR count). The number of hydrogen-bond donors (Lipinski definition) is 2. The van der Waals surface area contributed by atoms with Crippen LogP contribution in [-0.2, 0) is 4.79 Å². The summed E-state index contributed by atoms with van der Waals surface area (Å²) in [5.41, 5.74) is 1.48. The lowest BCUT2D eigenvalue weighted by atomic mass is 9.96. The number of carbonyl (C=O) groups excluding carboxylic acids is 2. The van der Waals surface area contributed by atoms with Crippen LogP contribution in [0.4, 0.5) is 5.69 Å². The highest BCUT2D eigenvalue weighted by molar-refractivity contribution is 7.99. The first-order chi connectivity index (χ1) is 13.6. The van der Waals surface area contributed by atoms with Gasteiger partial charge >= 0.3 is 0 Å². The molecule has 2 aromatic carbocycles. The molecular weight excluding hydrogens is 370 g/mol. The molecule has 2 bridgehead atoms. The molecule has 3 atom stereocenters. The van der Waals surface area contributed by atoms with Gasteiger partial charge in [0, 0.05) is 41.4 Å². The van der Waals surface area contributed by atoms with Gasteiger partial charge in [0.25, 0.3) is 5.91 Å². The second-order valence-corrected chi connectivity index (χ2v) is 8.74. The molecule has 0 radical (unpaired) electrons. The van der Waals surface area contributed by atoms with Crippen LogP contribution in [0.1, 0.15) is 30.1 Å². The lowest BCUT2D eigenvalue weighted by Gasteiger charge is -2.30. The zero-order valence-corrected chi connectivity index (χ0v) is 16.8. The minimum absolute atomic E-state index is 0.00250. The molecule has 1 unspecified atom stereocenters. The largest absolute Gasteiger partial charge is 0.348 e. The molecule has 2 aliphatic heterocycles. The molecule has 146 valence electrons. The van der Waals surface area contributed by atoms with Gasteiger partial charge in [-0.1, -0.05) is 23.9 Å². The number of fused-ring (bicyclic) bond motifs is 2. The minimum Gasteiger partial charge on any atom is -0.348 e. The van der Waals surface area contributed by atoms with E-state index in [9.17, 15) is 9.59 Å². The van der Waals surface area contributed by atoms with Crippen LogP contribution in [0.3, 0.4) is 0 Å². The Bertz CT molecular complexity index is 856. The number of amides is 2. The van der Waals surface area contributed by atoms with Gasteiger partial charge in [-0.15, -0.1) is 0 Å². The quantitative estimate of drug-likeness (QED) is 0.812. The average molecular weight is 396 g/mol. The molecule has 0 spiro atoms. The topological polar surface area (TPSA) is 61.4 Å². The summed E-state index contributed by atoms with van der Waals surface area (Å²) >= 11 is 1.57. The molecular formula is C22H25N3O2S. The third kappa shape index (κ3) is 4.56. The van der Waals surface area contributed by atoms with E-state index in [2.05, 4.69) is 15.5 Å². The molecule has 2 fully saturated rings. The fourth-order valence-corrected chi connectivity index (χ4v) is 4.98. The lowest BCUT2D eigenvalue weighted by Crippen LogP contribution is -2.47. The van der Waals surface area contributed by atoms with E-state index in [-0.39, 0.29) is 17.9 Å². The molecule has 0 aliphatic carbocycles. The number of para-hydroxylation sites is 1. The van der Waals surface area contributed by atoms with Crippen LogP contribution in [0.5, 0.6) is 0 Å². The maximum atomic E-state index is 12.6. The molecule has 28 heavy (non-hydrogen) atoms. The number of piperidine rings is 1. The molecule has 0 saturated carbocycles. The Hall–Kier alpha value is -2.31. The molecule has 6 heteroatoms. The number of rotatable bonds is 5. The molecule has 2 aromatic rings. The SMILES string of the molecule is CC(=O)Nc1ccccc1Sc1ccc(C(=O)N[C@@H]2C[C@H]3CCN(C3)C2)cc1. The number of anilines is 1. The summed E-state index contributed by atoms with van der Waals surface area (Å²) in [6.45, 7) is 4.83. The highest BCUT2D eigenvalue weighted by Crippen LogP contribution is 2.33. The molecule has 0 aromatic heterocycles. The van der Waals surface area contributed by atoms with E-state index in [1.54, 1.807) is 11.8 Å². The van der Waals surface area contributed by atoms with Crippen molar-refractivity contribution < 1.29 is 9.59 Å². The van der Waals surface area contributed by atoms with Crippen LogP contribution in [-0.4, -0.2) is 42.4 Å². The normalized spacial score (nSPS) is 23.2. The second kappa shape index (κ2) is 8.37. The Labute approximate surface area is 169 Å². The van der Waals surface area contributed by atoms with Crippen LogP contribution in [0.25, 0.3) is 0 Å². The standard InChI is InChI=1S/C22H25N3O2S/c1-15(26)23-20-4-2-3-5-21(20)28-19-8-6-17(7-9-19)22(27)24-18-12-16-10-11-25(13-16)14-18/h2-9,16,18H,10-14H2,1H3,(H,23,26)(H,24,27)/t16-,18-/m1/s1. The van der Waals surface area contributed by atoms with Crippen LogP contribution in [0, 0.1) is 5.92 Å². The highest BCUT2D eigenvalue weighted by atomic mass is 32.2. The Morgan fingerprint density at radius 3 is 2.61 bits per heavy atom. The van der Waals surface area contributed by atoms with Crippen molar-refractivity contribution in [2.75, 3.05) is 25.0 Å². The van der Waals surface area contributed by atoms with E-state index < -0.39 is 0 Å². The van der Waals surface area contributed by atoms with E-state index in [0.29, 0.717) is 5.56 Å². The molecule has 2 N–H and O–H groups in total. The summed E-state index contributed by atoms with van der Waals surface area (Å²) in [4.78, 5) is 28.4. The third-order valence-electron chi connectivity index (χ3n) is 5.34. The third-order valence-corrected chi connectivity index (χ3v) is 6.43. The first kappa shape index (κ1) is 19.0. The molecule has 5 nitrogen and oxygen atoms in total. The van der Waals surface area contributed by atoms with E-state index in [0.717, 1.165) is 34.4 Å². The Morgan fingerprint density at radius 2 is 1.86 bits per heavy atom. The smallest absolute Gasteiger partial charge is 0.251 e. The molecule has 2 saturated heterocycles. The lowest BCUT2D eigenvalue weighted by molar-refractivity contribution is -0.114. The monoisotopic (exact) mass is 395 g/mol. The van der Waals surface area contributed by atoms with Crippen LogP contribution in [0.2, 0.25) is 0 Å². The van der Waals surface area contributed by atoms with Gasteiger partial charge in [0.05, 0.1) is 5.69 Å². The van der Waals surface area contributed by atoms with Crippen molar-refractivity contribution in [3.05, 3.63) is 54.1 Å². The van der Waals surface area contributed by atoms with E-state index >= 15 is 0 Å². The molecule has 2 aliphatic rings. The predicted octanol–water partition coefficient (Wildman–Crippen LogP) is 3.62. The fraction of sp³-hybridized carbons (Fsp3) is 0.364. The van der Waals surface area contributed by atoms with E-state index in [1.165, 1.54) is 26.4 Å². The summed E-state index contributed by atoms with van der Waals surface area (Å²) in [6.07, 6.45) is 2.36. The Morgan fingerprint density at radius 1 is 1.07 bits per heavy atom. The van der Waals surface area contributed by atoms with Crippen molar-refractivity contribution in [3.63, 3.8) is 0 Å². The van der Waals surface area contributed by atoms with Crippen molar-refractivity contribution >= 4 is 29.3 Å². The Balaban J connectivity index is 1.39. The number of hydrogen-bond acceptors (Lipinski definition) is 4. The Kier molecular flexibility index (Phi) is 5.69. The number of carbonyl (C=O) groups is 2. The fourth-order valence-electron chi connectivity index (χ4n) is 4.08. The van der Waals surface area contributed by atoms with Crippen molar-refractivity contribution in [2.45, 2.75) is 35.6 Å². The predicted molar refractivity (Wildman–Crippen MR) is 112 cm³/mol. The summed E-state index contributed by atoms with van der Waals surface area (Å²) in [7, 11) is 0. The summed E-state index contributed by atoms with van der Waals surface area (Å²) in [5, 5.41) is 6.05. The van der Waals surface area contributed by atoms with Gasteiger partial charge in [0.1, 0.15) is 0 Å². The summed E-state index contributed by atoms with van der Waals surface area (Å²) < 4.78 is 0. The maximum Gasteiger partial charge on any atom is 0.251 e. The summed E-state index contributed by atoms with van der Waals surface area (Å²) in [6, 6.07) is 15.6. The first-order valence-corrected chi connectivity index (χ1v) is 10.6. The first-order valence-electron chi connectivity index (χ1n) is 9.74. The van der Waals surface area contributed by atoms with Crippen molar-refractivity contribution in [3.8, 4) is 0 Å². The van der Waals surface area contributed by atoms with Gasteiger partial charge in [-0.05, 0) is 61.7 Å². The van der Waals surface area contributed by atoms with Gasteiger partial charge in [-0.25, -0.2) is 0 Å². The second-order valence-electron chi connectivity index (χ2n) is 7.62. The van der Waals surface area contributed by atoms with Gasteiger partial charge in [0.15, 0.2) is 0 Å².